The summed E-state index contributed by atoms with van der Waals surface area (Å²) in [6, 6.07) is 6.73. The average Bonchev–Trinajstić information content (AvgIpc) is 3.68. The number of ether oxygens (including phenoxy) is 2. The molecule has 0 bridgehead atoms. The number of nitrogens with one attached hydrogen (secondary N) is 2. The van der Waals surface area contributed by atoms with Crippen molar-refractivity contribution >= 4 is 29.6 Å². The Bertz CT molecular complexity index is 1270. The van der Waals surface area contributed by atoms with Gasteiger partial charge in [0.15, 0.2) is 0 Å². The van der Waals surface area contributed by atoms with E-state index < -0.39 is 48.1 Å². The molecule has 1 aliphatic rings. The first-order valence-corrected chi connectivity index (χ1v) is 21.1. The molecule has 0 spiro atoms. The van der Waals surface area contributed by atoms with Gasteiger partial charge < -0.3 is 35.0 Å². The molecule has 0 radical (unpaired) electrons. The zero-order chi connectivity index (χ0) is 44.4. The predicted molar refractivity (Wildman–Crippen MR) is 230 cm³/mol. The van der Waals surface area contributed by atoms with Gasteiger partial charge in [-0.3, -0.25) is 24.1 Å². The number of carbonyl (C=O) groups excluding carboxylic acids is 4. The number of benzene rings is 1. The number of hydrogen-bond acceptors (Lipinski definition) is 8. The Morgan fingerprint density at radius 2 is 1.46 bits per heavy atom. The maximum Gasteiger partial charge on any atom is 0.326 e. The molecule has 0 aromatic heterocycles. The van der Waals surface area contributed by atoms with Gasteiger partial charge in [-0.2, -0.15) is 0 Å². The Morgan fingerprint density at radius 3 is 1.91 bits per heavy atom. The minimum absolute atomic E-state index is 0.00276. The first kappa shape index (κ1) is 55.5. The van der Waals surface area contributed by atoms with Crippen LogP contribution in [0.25, 0.3) is 0 Å². The summed E-state index contributed by atoms with van der Waals surface area (Å²) in [4.78, 5) is 70.9. The molecule has 4 amide bonds. The molecule has 8 atom stereocenters. The van der Waals surface area contributed by atoms with E-state index in [9.17, 15) is 29.1 Å². The summed E-state index contributed by atoms with van der Waals surface area (Å²) >= 11 is 0. The Kier molecular flexibility index (Phi) is 29.7. The van der Waals surface area contributed by atoms with Gasteiger partial charge in [0.05, 0.1) is 49.2 Å². The van der Waals surface area contributed by atoms with Crippen LogP contribution < -0.4 is 10.6 Å². The number of carboxylic acids is 1. The third kappa shape index (κ3) is 18.3. The van der Waals surface area contributed by atoms with Crippen LogP contribution >= 0.6 is 0 Å². The Labute approximate surface area is 346 Å². The van der Waals surface area contributed by atoms with Crippen molar-refractivity contribution in [1.82, 2.24) is 25.3 Å². The summed E-state index contributed by atoms with van der Waals surface area (Å²) in [6.45, 7) is 22.1. The molecule has 1 fully saturated rings. The largest absolute Gasteiger partial charge is 0.480 e. The zero-order valence-corrected chi connectivity index (χ0v) is 38.4. The lowest BCUT2D eigenvalue weighted by Crippen LogP contribution is -2.55. The third-order valence-corrected chi connectivity index (χ3v) is 10.1. The van der Waals surface area contributed by atoms with E-state index in [2.05, 4.69) is 24.5 Å². The Morgan fingerprint density at radius 1 is 0.895 bits per heavy atom. The zero-order valence-electron chi connectivity index (χ0n) is 38.4. The molecule has 0 saturated carbocycles. The molecule has 0 aliphatic carbocycles. The average molecular weight is 808 g/mol. The quantitative estimate of drug-likeness (QED) is 0.146. The van der Waals surface area contributed by atoms with Crippen molar-refractivity contribution in [3.05, 3.63) is 35.9 Å². The molecule has 13 heteroatoms. The molecule has 1 heterocycles. The molecule has 1 aliphatic heterocycles. The number of carbonyl (C=O) groups is 5. The van der Waals surface area contributed by atoms with Crippen LogP contribution in [0.4, 0.5) is 0 Å². The van der Waals surface area contributed by atoms with E-state index in [1.165, 1.54) is 20.6 Å². The maximum atomic E-state index is 14.0. The molecule has 2 rings (SSSR count). The van der Waals surface area contributed by atoms with Gasteiger partial charge in [-0.1, -0.05) is 119 Å². The molecule has 8 unspecified atom stereocenters. The number of aliphatic carboxylic acids is 1. The van der Waals surface area contributed by atoms with Gasteiger partial charge in [0.1, 0.15) is 6.04 Å². The molecular formula is C44H81N5O8. The van der Waals surface area contributed by atoms with Gasteiger partial charge in [0.2, 0.25) is 23.6 Å². The highest BCUT2D eigenvalue weighted by Crippen LogP contribution is 2.29. The first-order chi connectivity index (χ1) is 27.0. The number of hydrogen-bond donors (Lipinski definition) is 3. The van der Waals surface area contributed by atoms with E-state index in [-0.39, 0.29) is 55.0 Å². The van der Waals surface area contributed by atoms with Gasteiger partial charge >= 0.3 is 5.97 Å². The SMILES string of the molecule is CC.CC.CCC.CCC(C)C(C(CC(=O)N1CCCC1C(OC)C(C)C(=O)NC(Cc1ccccc1)C(=O)O)OC)N(C)C(=O)CNC(=O)C(C(C)C)N(C)C. The molecule has 1 saturated heterocycles. The van der Waals surface area contributed by atoms with Crippen molar-refractivity contribution < 1.29 is 38.6 Å². The Hall–Kier alpha value is -3.55. The van der Waals surface area contributed by atoms with Crippen molar-refractivity contribution in [3.63, 3.8) is 0 Å². The highest BCUT2D eigenvalue weighted by molar-refractivity contribution is 5.88. The Balaban J connectivity index is 0. The summed E-state index contributed by atoms with van der Waals surface area (Å²) in [6.07, 6.45) is 2.12. The van der Waals surface area contributed by atoms with Gasteiger partial charge in [-0.25, -0.2) is 4.79 Å². The van der Waals surface area contributed by atoms with Crippen LogP contribution in [0.2, 0.25) is 0 Å². The van der Waals surface area contributed by atoms with Crippen molar-refractivity contribution in [2.45, 2.75) is 151 Å². The summed E-state index contributed by atoms with van der Waals surface area (Å²) in [7, 11) is 8.35. The molecule has 1 aromatic rings. The number of likely N-dealkylation sites (tertiary alicyclic amines) is 1. The lowest BCUT2D eigenvalue weighted by atomic mass is 9.90. The fraction of sp³-hybridized carbons (Fsp3) is 0.750. The molecule has 330 valence electrons. The van der Waals surface area contributed by atoms with E-state index in [4.69, 9.17) is 9.47 Å². The van der Waals surface area contributed by atoms with Crippen LogP contribution in [0.1, 0.15) is 114 Å². The summed E-state index contributed by atoms with van der Waals surface area (Å²) in [5.41, 5.74) is 0.785. The standard InChI is InChI=1S/C37H61N5O8.C3H8.2C2H6/c1-11-24(4)33(41(8)31(44)22-38-36(46)32(23(2)3)40(6)7)29(49-9)21-30(43)42-19-15-18-28(42)34(50-10)25(5)35(45)39-27(37(47)48)20-26-16-13-12-14-17-26;1-3-2;2*1-2/h12-14,16-17,23-25,27-29,32-34H,11,15,18-22H2,1-10H3,(H,38,46)(H,39,45)(H,47,48);3H2,1-2H3;2*1-2H3. The van der Waals surface area contributed by atoms with Crippen molar-refractivity contribution in [1.29, 1.82) is 0 Å². The summed E-state index contributed by atoms with van der Waals surface area (Å²) in [5, 5.41) is 15.3. The summed E-state index contributed by atoms with van der Waals surface area (Å²) in [5.74, 6) is -3.02. The minimum Gasteiger partial charge on any atom is -0.480 e. The molecule has 1 aromatic carbocycles. The number of amides is 4. The number of rotatable bonds is 20. The van der Waals surface area contributed by atoms with Gasteiger partial charge in [0.25, 0.3) is 0 Å². The van der Waals surface area contributed by atoms with Gasteiger partial charge in [-0.15, -0.1) is 0 Å². The molecule has 57 heavy (non-hydrogen) atoms. The van der Waals surface area contributed by atoms with Crippen LogP contribution in [0.15, 0.2) is 30.3 Å². The van der Waals surface area contributed by atoms with Gasteiger partial charge in [0, 0.05) is 34.2 Å². The topological polar surface area (TPSA) is 158 Å². The van der Waals surface area contributed by atoms with Crippen LogP contribution in [0.5, 0.6) is 0 Å². The van der Waals surface area contributed by atoms with Crippen LogP contribution in [0, 0.1) is 17.8 Å². The first-order valence-electron chi connectivity index (χ1n) is 21.1. The van der Waals surface area contributed by atoms with Crippen LogP contribution in [-0.4, -0.2) is 134 Å². The highest BCUT2D eigenvalue weighted by Gasteiger charge is 2.42. The predicted octanol–water partition coefficient (Wildman–Crippen LogP) is 5.89. The monoisotopic (exact) mass is 808 g/mol. The molecule has 3 N–H and O–H groups in total. The summed E-state index contributed by atoms with van der Waals surface area (Å²) < 4.78 is 11.7. The van der Waals surface area contributed by atoms with E-state index >= 15 is 0 Å². The third-order valence-electron chi connectivity index (χ3n) is 10.1. The number of likely N-dealkylation sites (N-methyl/N-ethyl adjacent to an activating group) is 2. The van der Waals surface area contributed by atoms with E-state index in [1.807, 2.05) is 105 Å². The van der Waals surface area contributed by atoms with Crippen molar-refractivity contribution in [3.8, 4) is 0 Å². The van der Waals surface area contributed by atoms with E-state index in [0.717, 1.165) is 12.0 Å². The fourth-order valence-corrected chi connectivity index (χ4v) is 7.20. The van der Waals surface area contributed by atoms with Gasteiger partial charge in [-0.05, 0) is 44.3 Å². The molecule has 13 nitrogen and oxygen atoms in total. The minimum atomic E-state index is -1.14. The lowest BCUT2D eigenvalue weighted by molar-refractivity contribution is -0.147. The number of nitrogens with zero attached hydrogens (tertiary/aromatic N) is 3. The van der Waals surface area contributed by atoms with E-state index in [0.29, 0.717) is 19.4 Å². The number of methoxy groups -OCH3 is 2. The van der Waals surface area contributed by atoms with Crippen molar-refractivity contribution in [2.24, 2.45) is 17.8 Å². The van der Waals surface area contributed by atoms with Crippen LogP contribution in [-0.2, 0) is 39.9 Å². The molecular weight excluding hydrogens is 727 g/mol. The van der Waals surface area contributed by atoms with Crippen molar-refractivity contribution in [2.75, 3.05) is 48.5 Å². The maximum absolute atomic E-state index is 14.0. The normalized spacial score (nSPS) is 17.1. The smallest absolute Gasteiger partial charge is 0.326 e. The highest BCUT2D eigenvalue weighted by atomic mass is 16.5. The fourth-order valence-electron chi connectivity index (χ4n) is 7.20. The second-order valence-electron chi connectivity index (χ2n) is 14.8. The lowest BCUT2D eigenvalue weighted by Gasteiger charge is -2.39. The van der Waals surface area contributed by atoms with Crippen LogP contribution in [0.3, 0.4) is 0 Å². The number of carboxylic acid groups (broad SMARTS) is 1. The van der Waals surface area contributed by atoms with E-state index in [1.54, 1.807) is 23.8 Å². The second kappa shape index (κ2) is 30.5. The second-order valence-corrected chi connectivity index (χ2v) is 14.8.